The van der Waals surface area contributed by atoms with Gasteiger partial charge in [-0.05, 0) is 49.9 Å². The van der Waals surface area contributed by atoms with Gasteiger partial charge in [-0.3, -0.25) is 9.78 Å². The van der Waals surface area contributed by atoms with E-state index in [1.807, 2.05) is 36.4 Å². The van der Waals surface area contributed by atoms with Crippen LogP contribution in [0.25, 0.3) is 22.7 Å². The Balaban J connectivity index is 1.34. The number of oxazole rings is 1. The highest BCUT2D eigenvalue weighted by Gasteiger charge is 2.47. The van der Waals surface area contributed by atoms with E-state index in [1.165, 1.54) is 0 Å². The molecule has 0 bridgehead atoms. The van der Waals surface area contributed by atoms with Crippen LogP contribution in [0.4, 0.5) is 5.69 Å². The maximum atomic E-state index is 13.4. The quantitative estimate of drug-likeness (QED) is 0.490. The number of carbonyl (C=O) groups is 1. The van der Waals surface area contributed by atoms with Gasteiger partial charge in [-0.1, -0.05) is 25.0 Å². The van der Waals surface area contributed by atoms with Crippen LogP contribution in [0.15, 0.2) is 53.2 Å². The number of nitriles is 1. The van der Waals surface area contributed by atoms with Crippen LogP contribution in [0.3, 0.4) is 0 Å². The minimum Gasteiger partial charge on any atom is -0.440 e. The fraction of sp³-hybridized carbons (Fsp3) is 0.448. The molecule has 3 fully saturated rings. The Morgan fingerprint density at radius 2 is 1.82 bits per heavy atom. The van der Waals surface area contributed by atoms with E-state index in [1.54, 1.807) is 12.4 Å². The van der Waals surface area contributed by atoms with Gasteiger partial charge in [-0.25, -0.2) is 13.4 Å². The lowest BCUT2D eigenvalue weighted by Gasteiger charge is -2.30. The Morgan fingerprint density at radius 3 is 2.49 bits per heavy atom. The number of aromatic nitrogens is 2. The van der Waals surface area contributed by atoms with Crippen LogP contribution >= 0.6 is 0 Å². The third-order valence-electron chi connectivity index (χ3n) is 8.18. The molecule has 2 aromatic heterocycles. The average molecular weight is 546 g/mol. The highest BCUT2D eigenvalue weighted by molar-refractivity contribution is 7.91. The van der Waals surface area contributed by atoms with Crippen molar-refractivity contribution in [2.45, 2.75) is 50.0 Å². The SMILES string of the molecule is N#CC1(NC(=O)C2CCCCC2c2oc(-c3cccnc3)nc2-c2ccc(N3CCS(=O)(=O)CC3)cc2)CC1. The van der Waals surface area contributed by atoms with Crippen molar-refractivity contribution in [3.05, 3.63) is 54.6 Å². The van der Waals surface area contributed by atoms with Crippen LogP contribution < -0.4 is 10.2 Å². The smallest absolute Gasteiger partial charge is 0.228 e. The van der Waals surface area contributed by atoms with Gasteiger partial charge in [0.15, 0.2) is 9.84 Å². The van der Waals surface area contributed by atoms with E-state index >= 15 is 0 Å². The molecule has 2 saturated carbocycles. The number of nitrogens with zero attached hydrogens (tertiary/aromatic N) is 4. The van der Waals surface area contributed by atoms with Crippen molar-refractivity contribution in [3.63, 3.8) is 0 Å². The molecular formula is C29H31N5O4S. The van der Waals surface area contributed by atoms with Crippen LogP contribution in [0.2, 0.25) is 0 Å². The fourth-order valence-corrected chi connectivity index (χ4v) is 6.88. The zero-order valence-corrected chi connectivity index (χ0v) is 22.5. The Labute approximate surface area is 228 Å². The van der Waals surface area contributed by atoms with Gasteiger partial charge in [0, 0.05) is 48.6 Å². The van der Waals surface area contributed by atoms with E-state index in [9.17, 15) is 18.5 Å². The van der Waals surface area contributed by atoms with Crippen molar-refractivity contribution in [2.75, 3.05) is 29.5 Å². The first-order valence-electron chi connectivity index (χ1n) is 13.6. The van der Waals surface area contributed by atoms with Crippen molar-refractivity contribution in [1.82, 2.24) is 15.3 Å². The standard InChI is InChI=1S/C29H31N5O4S/c30-19-29(11-12-29)33-27(35)24-6-2-1-5-23(24)26-25(32-28(38-26)21-4-3-13-31-18-21)20-7-9-22(10-8-20)34-14-16-39(36,37)17-15-34/h3-4,7-10,13,18,23-24H,1-2,5-6,11-12,14-17H2,(H,33,35). The Morgan fingerprint density at radius 1 is 1.08 bits per heavy atom. The van der Waals surface area contributed by atoms with Gasteiger partial charge in [0.25, 0.3) is 0 Å². The third-order valence-corrected chi connectivity index (χ3v) is 9.79. The first kappa shape index (κ1) is 25.6. The van der Waals surface area contributed by atoms with Gasteiger partial charge in [-0.2, -0.15) is 5.26 Å². The minimum atomic E-state index is -2.96. The van der Waals surface area contributed by atoms with Crippen molar-refractivity contribution in [3.8, 4) is 28.8 Å². The summed E-state index contributed by atoms with van der Waals surface area (Å²) in [6.07, 6.45) is 8.26. The molecule has 39 heavy (non-hydrogen) atoms. The van der Waals surface area contributed by atoms with Gasteiger partial charge in [-0.15, -0.1) is 0 Å². The van der Waals surface area contributed by atoms with E-state index in [4.69, 9.17) is 9.40 Å². The largest absolute Gasteiger partial charge is 0.440 e. The second kappa shape index (κ2) is 10.1. The third kappa shape index (κ3) is 5.28. The zero-order chi connectivity index (χ0) is 27.0. The molecule has 9 nitrogen and oxygen atoms in total. The summed E-state index contributed by atoms with van der Waals surface area (Å²) in [6.45, 7) is 0.955. The molecule has 2 aliphatic carbocycles. The van der Waals surface area contributed by atoms with Crippen LogP contribution in [0.5, 0.6) is 0 Å². The van der Waals surface area contributed by atoms with E-state index < -0.39 is 15.4 Å². The number of hydrogen-bond donors (Lipinski definition) is 1. The summed E-state index contributed by atoms with van der Waals surface area (Å²) in [4.78, 5) is 24.6. The Bertz CT molecular complexity index is 1490. The molecule has 2 atom stereocenters. The van der Waals surface area contributed by atoms with Crippen LogP contribution in [0.1, 0.15) is 50.2 Å². The highest BCUT2D eigenvalue weighted by Crippen LogP contribution is 2.45. The average Bonchev–Trinajstić information content (AvgIpc) is 3.60. The normalized spacial score (nSPS) is 23.5. The van der Waals surface area contributed by atoms with E-state index in [0.717, 1.165) is 42.5 Å². The highest BCUT2D eigenvalue weighted by atomic mass is 32.2. The molecular weight excluding hydrogens is 514 g/mol. The number of amides is 1. The van der Waals surface area contributed by atoms with Gasteiger partial charge >= 0.3 is 0 Å². The number of hydrogen-bond acceptors (Lipinski definition) is 8. The molecule has 3 aliphatic rings. The second-order valence-electron chi connectivity index (χ2n) is 10.8. The molecule has 10 heteroatoms. The second-order valence-corrected chi connectivity index (χ2v) is 13.1. The number of nitrogens with one attached hydrogen (secondary N) is 1. The number of rotatable bonds is 6. The first-order chi connectivity index (χ1) is 18.9. The molecule has 1 saturated heterocycles. The predicted octanol–water partition coefficient (Wildman–Crippen LogP) is 4.08. The van der Waals surface area contributed by atoms with Gasteiger partial charge in [0.1, 0.15) is 17.0 Å². The molecule has 2 unspecified atom stereocenters. The van der Waals surface area contributed by atoms with Gasteiger partial charge in [0.05, 0.1) is 23.1 Å². The molecule has 1 N–H and O–H groups in total. The van der Waals surface area contributed by atoms with Crippen molar-refractivity contribution >= 4 is 21.4 Å². The molecule has 1 aliphatic heterocycles. The van der Waals surface area contributed by atoms with Gasteiger partial charge in [0.2, 0.25) is 11.8 Å². The Hall–Kier alpha value is -3.71. The molecule has 1 aromatic carbocycles. The zero-order valence-electron chi connectivity index (χ0n) is 21.7. The maximum absolute atomic E-state index is 13.4. The summed E-state index contributed by atoms with van der Waals surface area (Å²) in [5.74, 6) is 0.926. The lowest BCUT2D eigenvalue weighted by molar-refractivity contribution is -0.127. The molecule has 3 heterocycles. The van der Waals surface area contributed by atoms with Crippen molar-refractivity contribution in [1.29, 1.82) is 5.26 Å². The summed E-state index contributed by atoms with van der Waals surface area (Å²) in [7, 11) is -2.96. The predicted molar refractivity (Wildman–Crippen MR) is 146 cm³/mol. The topological polar surface area (TPSA) is 129 Å². The molecule has 202 valence electrons. The maximum Gasteiger partial charge on any atom is 0.228 e. The van der Waals surface area contributed by atoms with Crippen molar-refractivity contribution < 1.29 is 17.6 Å². The van der Waals surface area contributed by atoms with Crippen LogP contribution in [0, 0.1) is 17.2 Å². The summed E-state index contributed by atoms with van der Waals surface area (Å²) in [6, 6.07) is 13.9. The summed E-state index contributed by atoms with van der Waals surface area (Å²) >= 11 is 0. The molecule has 3 aromatic rings. The Kier molecular flexibility index (Phi) is 6.63. The van der Waals surface area contributed by atoms with Crippen molar-refractivity contribution in [2.24, 2.45) is 5.92 Å². The van der Waals surface area contributed by atoms with E-state index in [0.29, 0.717) is 43.3 Å². The molecule has 0 spiro atoms. The number of sulfone groups is 1. The lowest BCUT2D eigenvalue weighted by atomic mass is 9.76. The summed E-state index contributed by atoms with van der Waals surface area (Å²) in [5, 5.41) is 12.5. The van der Waals surface area contributed by atoms with Crippen LogP contribution in [-0.4, -0.2) is 54.4 Å². The number of carbonyl (C=O) groups excluding carboxylic acids is 1. The summed E-state index contributed by atoms with van der Waals surface area (Å²) < 4.78 is 30.1. The van der Waals surface area contributed by atoms with E-state index in [2.05, 4.69) is 21.3 Å². The minimum absolute atomic E-state index is 0.0839. The number of benzene rings is 1. The summed E-state index contributed by atoms with van der Waals surface area (Å²) in [5.41, 5.74) is 2.58. The lowest BCUT2D eigenvalue weighted by Crippen LogP contribution is -2.42. The first-order valence-corrected chi connectivity index (χ1v) is 15.4. The monoisotopic (exact) mass is 545 g/mol. The molecule has 1 amide bonds. The van der Waals surface area contributed by atoms with Crippen LogP contribution in [-0.2, 0) is 14.6 Å². The molecule has 6 rings (SSSR count). The van der Waals surface area contributed by atoms with Gasteiger partial charge < -0.3 is 14.6 Å². The number of anilines is 1. The molecule has 0 radical (unpaired) electrons. The fourth-order valence-electron chi connectivity index (χ4n) is 5.68. The van der Waals surface area contributed by atoms with E-state index in [-0.39, 0.29) is 29.2 Å². The number of pyridine rings is 1.